The highest BCUT2D eigenvalue weighted by atomic mass is 15.2. The SMILES string of the molecule is Cc1cccc(-n2cnnc2)c1C#N. The van der Waals surface area contributed by atoms with E-state index in [-0.39, 0.29) is 0 Å². The minimum Gasteiger partial charge on any atom is -0.287 e. The van der Waals surface area contributed by atoms with E-state index < -0.39 is 0 Å². The summed E-state index contributed by atoms with van der Waals surface area (Å²) in [7, 11) is 0. The van der Waals surface area contributed by atoms with Gasteiger partial charge in [-0.3, -0.25) is 4.57 Å². The Morgan fingerprint density at radius 2 is 2.00 bits per heavy atom. The van der Waals surface area contributed by atoms with Gasteiger partial charge >= 0.3 is 0 Å². The molecule has 0 N–H and O–H groups in total. The van der Waals surface area contributed by atoms with Crippen LogP contribution in [0.1, 0.15) is 11.1 Å². The van der Waals surface area contributed by atoms with Crippen LogP contribution in [0.15, 0.2) is 30.9 Å². The lowest BCUT2D eigenvalue weighted by atomic mass is 10.1. The average Bonchev–Trinajstić information content (AvgIpc) is 2.70. The average molecular weight is 184 g/mol. The van der Waals surface area contributed by atoms with Crippen LogP contribution in [-0.2, 0) is 0 Å². The smallest absolute Gasteiger partial charge is 0.123 e. The van der Waals surface area contributed by atoms with Crippen molar-refractivity contribution in [2.75, 3.05) is 0 Å². The van der Waals surface area contributed by atoms with Crippen molar-refractivity contribution in [1.82, 2.24) is 14.8 Å². The summed E-state index contributed by atoms with van der Waals surface area (Å²) in [5, 5.41) is 16.4. The van der Waals surface area contributed by atoms with Crippen LogP contribution >= 0.6 is 0 Å². The molecule has 68 valence electrons. The highest BCUT2D eigenvalue weighted by Crippen LogP contribution is 2.16. The van der Waals surface area contributed by atoms with Crippen LogP contribution in [0, 0.1) is 18.3 Å². The Bertz CT molecular complexity index is 479. The van der Waals surface area contributed by atoms with Gasteiger partial charge in [-0.25, -0.2) is 0 Å². The van der Waals surface area contributed by atoms with Gasteiger partial charge < -0.3 is 0 Å². The Morgan fingerprint density at radius 3 is 2.64 bits per heavy atom. The Hall–Kier alpha value is -2.15. The van der Waals surface area contributed by atoms with Gasteiger partial charge in [-0.1, -0.05) is 12.1 Å². The summed E-state index contributed by atoms with van der Waals surface area (Å²) >= 11 is 0. The van der Waals surface area contributed by atoms with Crippen LogP contribution in [-0.4, -0.2) is 14.8 Å². The first-order valence-electron chi connectivity index (χ1n) is 4.17. The molecule has 0 fully saturated rings. The van der Waals surface area contributed by atoms with Gasteiger partial charge in [0.2, 0.25) is 0 Å². The summed E-state index contributed by atoms with van der Waals surface area (Å²) in [6.07, 6.45) is 3.16. The van der Waals surface area contributed by atoms with Gasteiger partial charge in [-0.2, -0.15) is 5.26 Å². The molecule has 1 heterocycles. The van der Waals surface area contributed by atoms with Gasteiger partial charge in [0.25, 0.3) is 0 Å². The van der Waals surface area contributed by atoms with Crippen molar-refractivity contribution < 1.29 is 0 Å². The highest BCUT2D eigenvalue weighted by Gasteiger charge is 2.05. The molecule has 2 aromatic rings. The summed E-state index contributed by atoms with van der Waals surface area (Å²) in [4.78, 5) is 0. The molecular formula is C10H8N4. The third-order valence-corrected chi connectivity index (χ3v) is 2.06. The lowest BCUT2D eigenvalue weighted by Crippen LogP contribution is -1.96. The maximum Gasteiger partial charge on any atom is 0.123 e. The molecular weight excluding hydrogens is 176 g/mol. The minimum absolute atomic E-state index is 0.660. The Balaban J connectivity index is 2.66. The number of hydrogen-bond donors (Lipinski definition) is 0. The van der Waals surface area contributed by atoms with Crippen molar-refractivity contribution in [3.05, 3.63) is 42.0 Å². The Kier molecular flexibility index (Phi) is 1.99. The number of rotatable bonds is 1. The number of aromatic nitrogens is 3. The van der Waals surface area contributed by atoms with Crippen LogP contribution in [0.2, 0.25) is 0 Å². The maximum atomic E-state index is 8.99. The van der Waals surface area contributed by atoms with E-state index in [2.05, 4.69) is 16.3 Å². The third-order valence-electron chi connectivity index (χ3n) is 2.06. The minimum atomic E-state index is 0.660. The molecule has 0 radical (unpaired) electrons. The lowest BCUT2D eigenvalue weighted by molar-refractivity contribution is 1.04. The quantitative estimate of drug-likeness (QED) is 0.674. The number of benzene rings is 1. The molecule has 0 spiro atoms. The molecule has 0 amide bonds. The van der Waals surface area contributed by atoms with Crippen LogP contribution in [0.5, 0.6) is 0 Å². The number of nitriles is 1. The predicted octanol–water partition coefficient (Wildman–Crippen LogP) is 1.45. The zero-order valence-corrected chi connectivity index (χ0v) is 7.68. The first kappa shape index (κ1) is 8.45. The second-order valence-electron chi connectivity index (χ2n) is 2.95. The van der Waals surface area contributed by atoms with Gasteiger partial charge in [0, 0.05) is 0 Å². The van der Waals surface area contributed by atoms with Gasteiger partial charge in [0.15, 0.2) is 0 Å². The van der Waals surface area contributed by atoms with E-state index in [1.165, 1.54) is 0 Å². The predicted molar refractivity (Wildman–Crippen MR) is 50.8 cm³/mol. The molecule has 0 saturated heterocycles. The fraction of sp³-hybridized carbons (Fsp3) is 0.100. The van der Waals surface area contributed by atoms with Gasteiger partial charge in [0.05, 0.1) is 11.3 Å². The molecule has 4 heteroatoms. The van der Waals surface area contributed by atoms with Gasteiger partial charge in [-0.15, -0.1) is 10.2 Å². The van der Waals surface area contributed by atoms with Crippen LogP contribution in [0.4, 0.5) is 0 Å². The van der Waals surface area contributed by atoms with Crippen LogP contribution < -0.4 is 0 Å². The molecule has 0 aliphatic carbocycles. The third kappa shape index (κ3) is 1.25. The van der Waals surface area contributed by atoms with Crippen molar-refractivity contribution in [1.29, 1.82) is 5.26 Å². The largest absolute Gasteiger partial charge is 0.287 e. The molecule has 0 bridgehead atoms. The molecule has 1 aromatic carbocycles. The first-order valence-corrected chi connectivity index (χ1v) is 4.17. The second kappa shape index (κ2) is 3.30. The molecule has 0 unspecified atom stereocenters. The first-order chi connectivity index (χ1) is 6.83. The van der Waals surface area contributed by atoms with Crippen molar-refractivity contribution >= 4 is 0 Å². The molecule has 14 heavy (non-hydrogen) atoms. The fourth-order valence-electron chi connectivity index (χ4n) is 1.34. The second-order valence-corrected chi connectivity index (χ2v) is 2.95. The van der Waals surface area contributed by atoms with E-state index in [4.69, 9.17) is 5.26 Å². The maximum absolute atomic E-state index is 8.99. The van der Waals surface area contributed by atoms with E-state index in [9.17, 15) is 0 Å². The monoisotopic (exact) mass is 184 g/mol. The topological polar surface area (TPSA) is 54.5 Å². The summed E-state index contributed by atoms with van der Waals surface area (Å²) in [5.74, 6) is 0. The zero-order chi connectivity index (χ0) is 9.97. The van der Waals surface area contributed by atoms with E-state index in [1.54, 1.807) is 17.2 Å². The highest BCUT2D eigenvalue weighted by molar-refractivity contribution is 5.52. The molecule has 0 aliphatic heterocycles. The van der Waals surface area contributed by atoms with Crippen molar-refractivity contribution in [2.24, 2.45) is 0 Å². The number of aryl methyl sites for hydroxylation is 1. The molecule has 0 atom stereocenters. The molecule has 0 saturated carbocycles. The van der Waals surface area contributed by atoms with Crippen molar-refractivity contribution in [3.8, 4) is 11.8 Å². The fourth-order valence-corrected chi connectivity index (χ4v) is 1.34. The molecule has 0 aliphatic rings. The molecule has 4 nitrogen and oxygen atoms in total. The van der Waals surface area contributed by atoms with E-state index >= 15 is 0 Å². The Morgan fingerprint density at radius 1 is 1.29 bits per heavy atom. The van der Waals surface area contributed by atoms with E-state index in [0.717, 1.165) is 11.3 Å². The van der Waals surface area contributed by atoms with Crippen LogP contribution in [0.25, 0.3) is 5.69 Å². The Labute approximate surface area is 81.4 Å². The van der Waals surface area contributed by atoms with Crippen molar-refractivity contribution in [2.45, 2.75) is 6.92 Å². The summed E-state index contributed by atoms with van der Waals surface area (Å²) in [5.41, 5.74) is 2.43. The number of hydrogen-bond acceptors (Lipinski definition) is 3. The summed E-state index contributed by atoms with van der Waals surface area (Å²) < 4.78 is 1.73. The number of nitrogens with zero attached hydrogens (tertiary/aromatic N) is 4. The van der Waals surface area contributed by atoms with E-state index in [0.29, 0.717) is 5.56 Å². The molecule has 2 rings (SSSR count). The standard InChI is InChI=1S/C10H8N4/c1-8-3-2-4-10(9(8)5-11)14-6-12-13-7-14/h2-4,6-7H,1H3. The summed E-state index contributed by atoms with van der Waals surface area (Å²) in [6.45, 7) is 1.91. The lowest BCUT2D eigenvalue weighted by Gasteiger charge is -2.05. The van der Waals surface area contributed by atoms with Crippen molar-refractivity contribution in [3.63, 3.8) is 0 Å². The van der Waals surface area contributed by atoms with Crippen LogP contribution in [0.3, 0.4) is 0 Å². The summed E-state index contributed by atoms with van der Waals surface area (Å²) in [6, 6.07) is 7.86. The zero-order valence-electron chi connectivity index (χ0n) is 7.68. The van der Waals surface area contributed by atoms with E-state index in [1.807, 2.05) is 25.1 Å². The van der Waals surface area contributed by atoms with Gasteiger partial charge in [-0.05, 0) is 18.6 Å². The normalized spacial score (nSPS) is 9.71. The molecule has 1 aromatic heterocycles. The van der Waals surface area contributed by atoms with Gasteiger partial charge in [0.1, 0.15) is 18.7 Å².